The molecule has 1 aliphatic heterocycles. The maximum absolute atomic E-state index is 12.4. The molecule has 0 aromatic heterocycles. The van der Waals surface area contributed by atoms with E-state index in [-0.39, 0.29) is 31.0 Å². The lowest BCUT2D eigenvalue weighted by molar-refractivity contribution is -0.143. The van der Waals surface area contributed by atoms with E-state index >= 15 is 0 Å². The first-order valence-corrected chi connectivity index (χ1v) is 7.83. The van der Waals surface area contributed by atoms with Crippen LogP contribution in [-0.4, -0.2) is 62.8 Å². The van der Waals surface area contributed by atoms with Crippen LogP contribution < -0.4 is 4.90 Å². The van der Waals surface area contributed by atoms with E-state index in [2.05, 4.69) is 0 Å². The number of amides is 2. The van der Waals surface area contributed by atoms with Crippen LogP contribution in [0.4, 0.5) is 5.69 Å². The van der Waals surface area contributed by atoms with Crippen molar-refractivity contribution in [2.45, 2.75) is 13.0 Å². The van der Waals surface area contributed by atoms with E-state index in [1.807, 2.05) is 6.92 Å². The third kappa shape index (κ3) is 4.67. The van der Waals surface area contributed by atoms with Crippen molar-refractivity contribution < 1.29 is 19.1 Å². The topological polar surface area (TPSA) is 59.1 Å². The average molecular weight is 341 g/mol. The second-order valence-corrected chi connectivity index (χ2v) is 5.83. The fraction of sp³-hybridized carbons (Fsp3) is 0.500. The van der Waals surface area contributed by atoms with Gasteiger partial charge in [-0.3, -0.25) is 9.59 Å². The Balaban J connectivity index is 1.95. The smallest absolute Gasteiger partial charge is 0.249 e. The minimum atomic E-state index is -0.183. The molecule has 1 saturated heterocycles. The SMILES string of the molecule is COCCOCC(=O)N1CC(=O)N(c2ccc(Cl)cc2)C[C@@H]1C. The molecule has 0 unspecified atom stereocenters. The molecule has 0 bridgehead atoms. The highest BCUT2D eigenvalue weighted by atomic mass is 35.5. The summed E-state index contributed by atoms with van der Waals surface area (Å²) in [6, 6.07) is 7.02. The van der Waals surface area contributed by atoms with Gasteiger partial charge in [0.15, 0.2) is 0 Å². The first kappa shape index (κ1) is 17.7. The number of benzene rings is 1. The van der Waals surface area contributed by atoms with Gasteiger partial charge in [0.2, 0.25) is 11.8 Å². The molecule has 2 rings (SSSR count). The molecule has 0 radical (unpaired) electrons. The monoisotopic (exact) mass is 340 g/mol. The molecule has 2 amide bonds. The predicted molar refractivity (Wildman–Crippen MR) is 87.7 cm³/mol. The van der Waals surface area contributed by atoms with Gasteiger partial charge in [-0.15, -0.1) is 0 Å². The zero-order valence-corrected chi connectivity index (χ0v) is 14.1. The van der Waals surface area contributed by atoms with Gasteiger partial charge < -0.3 is 19.3 Å². The second kappa shape index (κ2) is 8.29. The number of methoxy groups -OCH3 is 1. The zero-order valence-electron chi connectivity index (χ0n) is 13.3. The van der Waals surface area contributed by atoms with Gasteiger partial charge in [-0.25, -0.2) is 0 Å². The predicted octanol–water partition coefficient (Wildman–Crippen LogP) is 1.57. The summed E-state index contributed by atoms with van der Waals surface area (Å²) in [5, 5.41) is 0.622. The molecule has 1 heterocycles. The summed E-state index contributed by atoms with van der Waals surface area (Å²) in [5.74, 6) is -0.298. The van der Waals surface area contributed by atoms with Crippen LogP contribution in [0.2, 0.25) is 5.02 Å². The van der Waals surface area contributed by atoms with Crippen LogP contribution in [0.5, 0.6) is 0 Å². The Hall–Kier alpha value is -1.63. The molecule has 1 aromatic rings. The van der Waals surface area contributed by atoms with E-state index in [4.69, 9.17) is 21.1 Å². The maximum Gasteiger partial charge on any atom is 0.249 e. The highest BCUT2D eigenvalue weighted by molar-refractivity contribution is 6.30. The van der Waals surface area contributed by atoms with Gasteiger partial charge >= 0.3 is 0 Å². The largest absolute Gasteiger partial charge is 0.382 e. The van der Waals surface area contributed by atoms with Crippen LogP contribution in [0.1, 0.15) is 6.92 Å². The van der Waals surface area contributed by atoms with Crippen LogP contribution in [0, 0.1) is 0 Å². The number of rotatable bonds is 6. The van der Waals surface area contributed by atoms with Crippen LogP contribution in [0.3, 0.4) is 0 Å². The fourth-order valence-corrected chi connectivity index (χ4v) is 2.57. The quantitative estimate of drug-likeness (QED) is 0.737. The lowest BCUT2D eigenvalue weighted by Gasteiger charge is -2.39. The van der Waals surface area contributed by atoms with E-state index in [9.17, 15) is 9.59 Å². The molecule has 6 nitrogen and oxygen atoms in total. The van der Waals surface area contributed by atoms with Gasteiger partial charge in [0, 0.05) is 30.4 Å². The molecule has 7 heteroatoms. The molecular weight excluding hydrogens is 320 g/mol. The van der Waals surface area contributed by atoms with E-state index < -0.39 is 0 Å². The van der Waals surface area contributed by atoms with Gasteiger partial charge in [-0.2, -0.15) is 0 Å². The fourth-order valence-electron chi connectivity index (χ4n) is 2.44. The number of anilines is 1. The van der Waals surface area contributed by atoms with Gasteiger partial charge in [0.1, 0.15) is 13.2 Å². The minimum Gasteiger partial charge on any atom is -0.382 e. The number of hydrogen-bond donors (Lipinski definition) is 0. The van der Waals surface area contributed by atoms with Crippen LogP contribution in [0.25, 0.3) is 0 Å². The summed E-state index contributed by atoms with van der Waals surface area (Å²) < 4.78 is 10.1. The summed E-state index contributed by atoms with van der Waals surface area (Å²) in [7, 11) is 1.57. The van der Waals surface area contributed by atoms with Gasteiger partial charge in [0.05, 0.1) is 13.2 Å². The normalized spacial score (nSPS) is 18.4. The van der Waals surface area contributed by atoms with Crippen molar-refractivity contribution in [1.82, 2.24) is 4.90 Å². The summed E-state index contributed by atoms with van der Waals surface area (Å²) in [6.45, 7) is 3.17. The molecule has 0 spiro atoms. The van der Waals surface area contributed by atoms with Crippen molar-refractivity contribution >= 4 is 29.1 Å². The van der Waals surface area contributed by atoms with Crippen molar-refractivity contribution in [3.8, 4) is 0 Å². The number of hydrogen-bond acceptors (Lipinski definition) is 4. The maximum atomic E-state index is 12.4. The summed E-state index contributed by atoms with van der Waals surface area (Å²) in [4.78, 5) is 27.8. The third-order valence-electron chi connectivity index (χ3n) is 3.70. The Kier molecular flexibility index (Phi) is 6.38. The Morgan fingerprint density at radius 3 is 2.65 bits per heavy atom. The Labute approximate surface area is 140 Å². The van der Waals surface area contributed by atoms with Crippen molar-refractivity contribution in [3.63, 3.8) is 0 Å². The number of carbonyl (C=O) groups excluding carboxylic acids is 2. The average Bonchev–Trinajstić information content (AvgIpc) is 2.54. The first-order chi connectivity index (χ1) is 11.0. The highest BCUT2D eigenvalue weighted by Gasteiger charge is 2.33. The number of piperazine rings is 1. The van der Waals surface area contributed by atoms with Crippen LogP contribution in [0.15, 0.2) is 24.3 Å². The van der Waals surface area contributed by atoms with E-state index in [0.717, 1.165) is 5.69 Å². The highest BCUT2D eigenvalue weighted by Crippen LogP contribution is 2.22. The van der Waals surface area contributed by atoms with Crippen molar-refractivity contribution in [2.24, 2.45) is 0 Å². The molecule has 0 saturated carbocycles. The minimum absolute atomic E-state index is 0.0398. The lowest BCUT2D eigenvalue weighted by atomic mass is 10.1. The number of carbonyl (C=O) groups is 2. The summed E-state index contributed by atoms with van der Waals surface area (Å²) in [6.07, 6.45) is 0. The van der Waals surface area contributed by atoms with E-state index in [1.165, 1.54) is 0 Å². The van der Waals surface area contributed by atoms with Crippen molar-refractivity contribution in [1.29, 1.82) is 0 Å². The zero-order chi connectivity index (χ0) is 16.8. The number of halogens is 1. The molecule has 126 valence electrons. The van der Waals surface area contributed by atoms with Gasteiger partial charge in [-0.05, 0) is 31.2 Å². The lowest BCUT2D eigenvalue weighted by Crippen LogP contribution is -2.57. The summed E-state index contributed by atoms with van der Waals surface area (Å²) in [5.41, 5.74) is 0.787. The van der Waals surface area contributed by atoms with E-state index in [0.29, 0.717) is 24.8 Å². The number of nitrogens with zero attached hydrogens (tertiary/aromatic N) is 2. The molecule has 1 atom stereocenters. The molecule has 1 aliphatic rings. The molecule has 0 aliphatic carbocycles. The van der Waals surface area contributed by atoms with Crippen molar-refractivity contribution in [3.05, 3.63) is 29.3 Å². The molecule has 1 fully saturated rings. The third-order valence-corrected chi connectivity index (χ3v) is 3.95. The Morgan fingerprint density at radius 2 is 2.00 bits per heavy atom. The van der Waals surface area contributed by atoms with E-state index in [1.54, 1.807) is 41.2 Å². The first-order valence-electron chi connectivity index (χ1n) is 7.45. The van der Waals surface area contributed by atoms with Crippen LogP contribution in [-0.2, 0) is 19.1 Å². The number of ether oxygens (including phenoxy) is 2. The molecule has 23 heavy (non-hydrogen) atoms. The summed E-state index contributed by atoms with van der Waals surface area (Å²) >= 11 is 5.87. The molecular formula is C16H21ClN2O4. The molecule has 0 N–H and O–H groups in total. The standard InChI is InChI=1S/C16H21ClN2O4/c1-12-9-19(14-5-3-13(17)4-6-14)15(20)10-18(12)16(21)11-23-8-7-22-2/h3-6,12H,7-11H2,1-2H3/t12-/m0/s1. The Morgan fingerprint density at radius 1 is 1.30 bits per heavy atom. The van der Waals surface area contributed by atoms with Gasteiger partial charge in [-0.1, -0.05) is 11.6 Å². The van der Waals surface area contributed by atoms with Gasteiger partial charge in [0.25, 0.3) is 0 Å². The molecule has 1 aromatic carbocycles. The van der Waals surface area contributed by atoms with Crippen molar-refractivity contribution in [2.75, 3.05) is 44.9 Å². The Bertz CT molecular complexity index is 550. The van der Waals surface area contributed by atoms with Crippen LogP contribution >= 0.6 is 11.6 Å². The second-order valence-electron chi connectivity index (χ2n) is 5.40.